The van der Waals surface area contributed by atoms with Gasteiger partial charge in [0.2, 0.25) is 11.8 Å². The van der Waals surface area contributed by atoms with Gasteiger partial charge in [-0.15, -0.1) is 11.3 Å². The number of amides is 2. The maximum atomic E-state index is 12.3. The maximum absolute atomic E-state index is 12.3. The van der Waals surface area contributed by atoms with E-state index in [1.54, 1.807) is 31.8 Å². The van der Waals surface area contributed by atoms with Crippen LogP contribution in [0, 0.1) is 5.92 Å². The lowest BCUT2D eigenvalue weighted by Crippen LogP contribution is -2.37. The third kappa shape index (κ3) is 3.95. The first kappa shape index (κ1) is 18.1. The first-order valence-electron chi connectivity index (χ1n) is 8.32. The summed E-state index contributed by atoms with van der Waals surface area (Å²) >= 11 is 3.19. The van der Waals surface area contributed by atoms with E-state index in [-0.39, 0.29) is 24.1 Å². The van der Waals surface area contributed by atoms with Crippen molar-refractivity contribution in [1.29, 1.82) is 0 Å². The third-order valence-electron chi connectivity index (χ3n) is 4.47. The van der Waals surface area contributed by atoms with Crippen LogP contribution in [-0.4, -0.2) is 53.1 Å². The van der Waals surface area contributed by atoms with Crippen molar-refractivity contribution in [3.63, 3.8) is 0 Å². The number of aromatic nitrogens is 2. The molecular formula is C17H22N4O2S2. The zero-order valence-corrected chi connectivity index (χ0v) is 16.3. The number of hydrogen-bond acceptors (Lipinski definition) is 6. The highest BCUT2D eigenvalue weighted by Crippen LogP contribution is 2.40. The van der Waals surface area contributed by atoms with Crippen molar-refractivity contribution in [2.75, 3.05) is 26.4 Å². The van der Waals surface area contributed by atoms with Crippen molar-refractivity contribution in [2.24, 2.45) is 5.92 Å². The van der Waals surface area contributed by atoms with Crippen LogP contribution in [0.25, 0.3) is 10.2 Å². The van der Waals surface area contributed by atoms with Crippen LogP contribution in [0.2, 0.25) is 0 Å². The average molecular weight is 379 g/mol. The Hall–Kier alpha value is -1.67. The Morgan fingerprint density at radius 1 is 1.44 bits per heavy atom. The lowest BCUT2D eigenvalue weighted by Gasteiger charge is -2.18. The molecule has 0 radical (unpaired) electrons. The molecule has 0 unspecified atom stereocenters. The van der Waals surface area contributed by atoms with Crippen molar-refractivity contribution in [1.82, 2.24) is 20.2 Å². The van der Waals surface area contributed by atoms with E-state index in [2.05, 4.69) is 22.2 Å². The van der Waals surface area contributed by atoms with Crippen molar-refractivity contribution < 1.29 is 9.59 Å². The molecule has 0 saturated carbocycles. The number of rotatable bonds is 5. The van der Waals surface area contributed by atoms with Crippen molar-refractivity contribution in [2.45, 2.75) is 31.2 Å². The van der Waals surface area contributed by atoms with Crippen molar-refractivity contribution in [3.05, 3.63) is 16.8 Å². The number of aryl methyl sites for hydroxylation is 1. The number of carbonyl (C=O) groups is 2. The minimum absolute atomic E-state index is 0.0703. The molecule has 0 aromatic carbocycles. The first-order chi connectivity index (χ1) is 12.0. The molecule has 6 nitrogen and oxygen atoms in total. The molecule has 1 atom stereocenters. The van der Waals surface area contributed by atoms with E-state index in [1.807, 2.05) is 0 Å². The Morgan fingerprint density at radius 3 is 3.00 bits per heavy atom. The molecule has 3 rings (SSSR count). The summed E-state index contributed by atoms with van der Waals surface area (Å²) in [5, 5.41) is 4.52. The summed E-state index contributed by atoms with van der Waals surface area (Å²) in [6.45, 7) is 2.36. The minimum Gasteiger partial charge on any atom is -0.358 e. The van der Waals surface area contributed by atoms with Crippen LogP contribution >= 0.6 is 23.1 Å². The topological polar surface area (TPSA) is 75.2 Å². The molecule has 1 aliphatic carbocycles. The molecule has 134 valence electrons. The van der Waals surface area contributed by atoms with Gasteiger partial charge in [-0.1, -0.05) is 18.7 Å². The van der Waals surface area contributed by atoms with E-state index in [9.17, 15) is 9.59 Å². The largest absolute Gasteiger partial charge is 0.358 e. The average Bonchev–Trinajstić information content (AvgIpc) is 2.97. The molecule has 1 aliphatic rings. The predicted molar refractivity (Wildman–Crippen MR) is 101 cm³/mol. The summed E-state index contributed by atoms with van der Waals surface area (Å²) in [7, 11) is 3.20. The number of fused-ring (bicyclic) bond motifs is 3. The fraction of sp³-hybridized carbons (Fsp3) is 0.529. The Bertz CT molecular complexity index is 805. The van der Waals surface area contributed by atoms with E-state index in [0.29, 0.717) is 5.92 Å². The van der Waals surface area contributed by atoms with Crippen LogP contribution in [0.4, 0.5) is 0 Å². The number of likely N-dealkylation sites (N-methyl/N-ethyl adjacent to an activating group) is 2. The van der Waals surface area contributed by atoms with Gasteiger partial charge in [-0.25, -0.2) is 9.97 Å². The van der Waals surface area contributed by atoms with Gasteiger partial charge in [-0.3, -0.25) is 9.59 Å². The molecule has 8 heteroatoms. The highest BCUT2D eigenvalue weighted by Gasteiger charge is 2.23. The number of hydrogen-bond donors (Lipinski definition) is 1. The van der Waals surface area contributed by atoms with Gasteiger partial charge in [0.15, 0.2) is 0 Å². The van der Waals surface area contributed by atoms with Gasteiger partial charge in [-0.2, -0.15) is 0 Å². The smallest absolute Gasteiger partial charge is 0.239 e. The van der Waals surface area contributed by atoms with Gasteiger partial charge in [0.1, 0.15) is 16.2 Å². The van der Waals surface area contributed by atoms with E-state index in [4.69, 9.17) is 0 Å². The Morgan fingerprint density at radius 2 is 2.24 bits per heavy atom. The number of nitrogens with one attached hydrogen (secondary N) is 1. The number of thiophene rings is 1. The summed E-state index contributed by atoms with van der Waals surface area (Å²) in [6.07, 6.45) is 4.93. The fourth-order valence-corrected chi connectivity index (χ4v) is 5.36. The molecule has 2 aromatic rings. The summed E-state index contributed by atoms with van der Waals surface area (Å²) in [5.41, 5.74) is 1.37. The molecule has 2 amide bonds. The second kappa shape index (κ2) is 7.70. The number of carbonyl (C=O) groups excluding carboxylic acids is 2. The van der Waals surface area contributed by atoms with Crippen LogP contribution in [-0.2, 0) is 22.4 Å². The normalized spacial score (nSPS) is 16.5. The second-order valence-corrected chi connectivity index (χ2v) is 8.47. The van der Waals surface area contributed by atoms with Crippen LogP contribution < -0.4 is 5.32 Å². The highest BCUT2D eigenvalue weighted by molar-refractivity contribution is 8.00. The van der Waals surface area contributed by atoms with E-state index in [1.165, 1.54) is 33.5 Å². The Balaban J connectivity index is 1.76. The number of nitrogens with zero attached hydrogens (tertiary/aromatic N) is 3. The minimum atomic E-state index is -0.175. The SMILES string of the molecule is CNC(=O)CN(C)C(=O)CSc1ncnc2sc3c(c12)CC[C@@H](C)C3. The quantitative estimate of drug-likeness (QED) is 0.637. The van der Waals surface area contributed by atoms with E-state index >= 15 is 0 Å². The molecule has 0 saturated heterocycles. The molecule has 0 spiro atoms. The number of thioether (sulfide) groups is 1. The van der Waals surface area contributed by atoms with Gasteiger partial charge in [0.05, 0.1) is 12.3 Å². The predicted octanol–water partition coefficient (Wildman–Crippen LogP) is 2.11. The lowest BCUT2D eigenvalue weighted by atomic mass is 9.89. The standard InChI is InChI=1S/C17H22N4O2S2/c1-10-4-5-11-12(6-10)25-17-15(11)16(19-9-20-17)24-8-14(23)21(3)7-13(22)18-2/h9-10H,4-8H2,1-3H3,(H,18,22)/t10-/m1/s1. The molecule has 25 heavy (non-hydrogen) atoms. The molecule has 2 aromatic heterocycles. The summed E-state index contributed by atoms with van der Waals surface area (Å²) in [5.74, 6) is 0.717. The van der Waals surface area contributed by atoms with Crippen molar-refractivity contribution in [3.8, 4) is 0 Å². The van der Waals surface area contributed by atoms with E-state index in [0.717, 1.165) is 28.1 Å². The zero-order chi connectivity index (χ0) is 18.0. The van der Waals surface area contributed by atoms with Crippen LogP contribution in [0.15, 0.2) is 11.4 Å². The first-order valence-corrected chi connectivity index (χ1v) is 10.1. The summed E-state index contributed by atoms with van der Waals surface area (Å²) < 4.78 is 0. The van der Waals surface area contributed by atoms with Crippen molar-refractivity contribution >= 4 is 45.1 Å². The molecule has 0 bridgehead atoms. The Kier molecular flexibility index (Phi) is 5.58. The van der Waals surface area contributed by atoms with Gasteiger partial charge in [-0.05, 0) is 30.7 Å². The highest BCUT2D eigenvalue weighted by atomic mass is 32.2. The second-order valence-electron chi connectivity index (χ2n) is 6.42. The van der Waals surface area contributed by atoms with Crippen LogP contribution in [0.3, 0.4) is 0 Å². The maximum Gasteiger partial charge on any atom is 0.239 e. The molecular weight excluding hydrogens is 356 g/mol. The fourth-order valence-electron chi connectivity index (χ4n) is 2.98. The molecule has 2 heterocycles. The van der Waals surface area contributed by atoms with E-state index < -0.39 is 0 Å². The summed E-state index contributed by atoms with van der Waals surface area (Å²) in [4.78, 5) is 36.4. The molecule has 0 fully saturated rings. The van der Waals surface area contributed by atoms with Crippen LogP contribution in [0.5, 0.6) is 0 Å². The van der Waals surface area contributed by atoms with Gasteiger partial charge in [0, 0.05) is 24.4 Å². The molecule has 0 aliphatic heterocycles. The van der Waals surface area contributed by atoms with Gasteiger partial charge >= 0.3 is 0 Å². The lowest BCUT2D eigenvalue weighted by molar-refractivity contribution is -0.132. The Labute approximate surface area is 155 Å². The van der Waals surface area contributed by atoms with Gasteiger partial charge < -0.3 is 10.2 Å². The zero-order valence-electron chi connectivity index (χ0n) is 14.7. The molecule has 1 N–H and O–H groups in total. The monoisotopic (exact) mass is 378 g/mol. The van der Waals surface area contributed by atoms with Crippen LogP contribution in [0.1, 0.15) is 23.8 Å². The summed E-state index contributed by atoms with van der Waals surface area (Å²) in [6, 6.07) is 0. The third-order valence-corrected chi connectivity index (χ3v) is 6.61. The van der Waals surface area contributed by atoms with Gasteiger partial charge in [0.25, 0.3) is 0 Å².